The second-order valence-corrected chi connectivity index (χ2v) is 24.3. The molecule has 92 heavy (non-hydrogen) atoms. The van der Waals surface area contributed by atoms with Gasteiger partial charge in [-0.1, -0.05) is 54.6 Å². The number of para-hydroxylation sites is 1. The van der Waals surface area contributed by atoms with Crippen LogP contribution in [0, 0.1) is 0 Å². The molecule has 0 fully saturated rings. The van der Waals surface area contributed by atoms with E-state index in [1.165, 1.54) is 19.3 Å². The summed E-state index contributed by atoms with van der Waals surface area (Å²) in [6.45, 7) is 7.69. The molecule has 8 rings (SSSR count). The maximum atomic E-state index is 14.4. The van der Waals surface area contributed by atoms with Crippen molar-refractivity contribution in [3.8, 4) is 11.4 Å². The lowest BCUT2D eigenvalue weighted by Gasteiger charge is -2.35. The Morgan fingerprint density at radius 2 is 1.68 bits per heavy atom. The lowest BCUT2D eigenvalue weighted by atomic mass is 9.85. The summed E-state index contributed by atoms with van der Waals surface area (Å²) in [4.78, 5) is 120. The van der Waals surface area contributed by atoms with Gasteiger partial charge in [0.15, 0.2) is 0 Å². The summed E-state index contributed by atoms with van der Waals surface area (Å²) in [7, 11) is -3.48. The fourth-order valence-electron chi connectivity index (χ4n) is 10.6. The van der Waals surface area contributed by atoms with E-state index in [0.717, 1.165) is 22.8 Å². The van der Waals surface area contributed by atoms with Crippen molar-refractivity contribution in [2.24, 2.45) is 5.73 Å². The van der Waals surface area contributed by atoms with E-state index in [9.17, 15) is 46.8 Å². The number of anilines is 1. The molecule has 0 aliphatic carbocycles. The van der Waals surface area contributed by atoms with Crippen LogP contribution < -0.4 is 32.6 Å². The van der Waals surface area contributed by atoms with Crippen LogP contribution in [-0.2, 0) is 107 Å². The Kier molecular flexibility index (Phi) is 23.9. The molecule has 0 saturated carbocycles. The third-order valence-electron chi connectivity index (χ3n) is 15.4. The zero-order chi connectivity index (χ0) is 66.0. The van der Waals surface area contributed by atoms with Crippen molar-refractivity contribution in [3.05, 3.63) is 129 Å². The van der Waals surface area contributed by atoms with Gasteiger partial charge < -0.3 is 60.2 Å². The third kappa shape index (κ3) is 18.0. The number of sulfone groups is 1. The molecule has 0 bridgehead atoms. The number of benzene rings is 2. The second-order valence-electron chi connectivity index (χ2n) is 22.4. The van der Waals surface area contributed by atoms with E-state index in [0.29, 0.717) is 91.2 Å². The molecule has 0 radical (unpaired) electrons. The predicted octanol–water partition coefficient (Wildman–Crippen LogP) is 3.93. The summed E-state index contributed by atoms with van der Waals surface area (Å²) >= 11 is 0. The van der Waals surface area contributed by atoms with Crippen molar-refractivity contribution in [2.45, 2.75) is 135 Å². The van der Waals surface area contributed by atoms with E-state index in [1.54, 1.807) is 63.7 Å². The Labute approximate surface area is 531 Å². The van der Waals surface area contributed by atoms with Gasteiger partial charge in [-0.3, -0.25) is 28.8 Å². The van der Waals surface area contributed by atoms with Crippen LogP contribution in [0.15, 0.2) is 89.2 Å². The van der Waals surface area contributed by atoms with Crippen LogP contribution in [0.4, 0.5) is 10.5 Å². The van der Waals surface area contributed by atoms with Gasteiger partial charge in [-0.15, -0.1) is 5.10 Å². The topological polar surface area (TPSA) is 369 Å². The van der Waals surface area contributed by atoms with Gasteiger partial charge in [-0.25, -0.2) is 37.6 Å². The number of rotatable bonds is 33. The molecule has 0 unspecified atom stereocenters. The predicted molar refractivity (Wildman–Crippen MR) is 334 cm³/mol. The summed E-state index contributed by atoms with van der Waals surface area (Å²) in [6.07, 6.45) is 11.2. The normalized spacial score (nSPS) is 14.4. The average molecular weight is 1290 g/mol. The van der Waals surface area contributed by atoms with E-state index in [4.69, 9.17) is 34.4 Å². The first-order valence-electron chi connectivity index (χ1n) is 30.3. The standard InChI is InChI=1S/C63H77N13O15S/c1-6-63(50-30-53-57-48(35-76(53)59(82)49(50)37-89-60(63)83)46(23-26-75(40(2)3)41(4)77)47-15-10-11-16-51(47)71-57)91-62(84)90-36-42-19-21-44(22-20-42)69-58(81)52(17-12-13-24-64)70-56(80)39-88-38-55(79)65-25-28-87-29-27-74-34-45(72-73-74)33-66-54(78)18-9-7-8-14-43-31-67-61(68-32-43)92(5,85)86/h8,10-11,14-16,19-22,30-32,34,40,52H,6-7,9,12-13,17-18,23-29,33,35-39,64H2,1-5H3,(H,65,79)(H,66,78)(H,69,81)(H,70,80)/b14-8+/t52-,63-/m0/s1. The lowest BCUT2D eigenvalue weighted by Crippen LogP contribution is -2.47. The van der Waals surface area contributed by atoms with E-state index in [2.05, 4.69) is 41.5 Å². The Hall–Kier alpha value is -9.32. The molecule has 2 atom stereocenters. The van der Waals surface area contributed by atoms with E-state index < -0.39 is 70.1 Å². The highest BCUT2D eigenvalue weighted by Gasteiger charge is 2.51. The first-order chi connectivity index (χ1) is 44.2. The molecule has 5 amide bonds. The monoisotopic (exact) mass is 1290 g/mol. The van der Waals surface area contributed by atoms with Crippen molar-refractivity contribution >= 4 is 74.2 Å². The van der Waals surface area contributed by atoms with Gasteiger partial charge in [0, 0.05) is 78.9 Å². The van der Waals surface area contributed by atoms with Gasteiger partial charge in [0.2, 0.25) is 50.1 Å². The smallest absolute Gasteiger partial charge is 0.457 e. The number of hydrogen-bond acceptors (Lipinski definition) is 21. The number of nitrogens with zero attached hydrogens (tertiary/aromatic N) is 8. The first kappa shape index (κ1) is 68.6. The molecular formula is C63H77N13O15S. The molecule has 29 heteroatoms. The number of cyclic esters (lactones) is 1. The van der Waals surface area contributed by atoms with Gasteiger partial charge in [0.05, 0.1) is 61.5 Å². The molecule has 0 spiro atoms. The number of pyridine rings is 2. The van der Waals surface area contributed by atoms with Crippen LogP contribution in [0.5, 0.6) is 0 Å². The molecule has 6 aromatic rings. The minimum atomic E-state index is -3.48. The lowest BCUT2D eigenvalue weighted by molar-refractivity contribution is -0.175. The highest BCUT2D eigenvalue weighted by molar-refractivity contribution is 7.90. The number of hydrogen-bond donors (Lipinski definition) is 5. The minimum absolute atomic E-state index is 0.0258. The molecule has 2 aliphatic rings. The van der Waals surface area contributed by atoms with Crippen molar-refractivity contribution in [1.29, 1.82) is 0 Å². The molecule has 6 heterocycles. The van der Waals surface area contributed by atoms with Crippen LogP contribution in [-0.4, -0.2) is 154 Å². The zero-order valence-corrected chi connectivity index (χ0v) is 52.9. The van der Waals surface area contributed by atoms with E-state index in [1.807, 2.05) is 44.2 Å². The number of carbonyl (C=O) groups is 7. The summed E-state index contributed by atoms with van der Waals surface area (Å²) in [6, 6.07) is 14.7. The molecule has 0 saturated heterocycles. The fourth-order valence-corrected chi connectivity index (χ4v) is 11.1. The number of unbranched alkanes of at least 4 members (excludes halogenated alkanes) is 2. The van der Waals surface area contributed by atoms with E-state index >= 15 is 0 Å². The van der Waals surface area contributed by atoms with Gasteiger partial charge in [0.25, 0.3) is 5.56 Å². The number of amides is 5. The molecule has 6 N–H and O–H groups in total. The van der Waals surface area contributed by atoms with Crippen LogP contribution >= 0.6 is 0 Å². The summed E-state index contributed by atoms with van der Waals surface area (Å²) in [5.74, 6) is -2.71. The summed E-state index contributed by atoms with van der Waals surface area (Å²) in [5.41, 5.74) is 9.10. The summed E-state index contributed by atoms with van der Waals surface area (Å²) in [5, 5.41) is 19.7. The Morgan fingerprint density at radius 1 is 0.924 bits per heavy atom. The van der Waals surface area contributed by atoms with Crippen molar-refractivity contribution in [2.75, 3.05) is 57.6 Å². The summed E-state index contributed by atoms with van der Waals surface area (Å²) < 4.78 is 54.1. The molecule has 4 aromatic heterocycles. The van der Waals surface area contributed by atoms with Gasteiger partial charge in [-0.2, -0.15) is 0 Å². The Balaban J connectivity index is 0.742. The molecule has 2 aromatic carbocycles. The largest absolute Gasteiger partial charge is 0.510 e. The maximum absolute atomic E-state index is 14.4. The molecular weight excluding hydrogens is 1210 g/mol. The Morgan fingerprint density at radius 3 is 2.41 bits per heavy atom. The number of esters is 1. The van der Waals surface area contributed by atoms with Gasteiger partial charge in [-0.05, 0) is 101 Å². The second kappa shape index (κ2) is 32.1. The first-order valence-corrected chi connectivity index (χ1v) is 32.2. The number of allylic oxidation sites excluding steroid dienone is 1. The highest BCUT2D eigenvalue weighted by atomic mass is 32.2. The highest BCUT2D eigenvalue weighted by Crippen LogP contribution is 2.42. The zero-order valence-electron chi connectivity index (χ0n) is 52.1. The van der Waals surface area contributed by atoms with Crippen molar-refractivity contribution in [1.82, 2.24) is 55.4 Å². The van der Waals surface area contributed by atoms with E-state index in [-0.39, 0.29) is 99.5 Å². The third-order valence-corrected chi connectivity index (χ3v) is 16.2. The van der Waals surface area contributed by atoms with Crippen molar-refractivity contribution < 1.29 is 65.7 Å². The van der Waals surface area contributed by atoms with Crippen LogP contribution in [0.1, 0.15) is 112 Å². The number of carbonyl (C=O) groups excluding carboxylic acids is 7. The Bertz CT molecular complexity index is 3860. The van der Waals surface area contributed by atoms with Gasteiger partial charge in [0.1, 0.15) is 38.2 Å². The maximum Gasteiger partial charge on any atom is 0.510 e. The van der Waals surface area contributed by atoms with Gasteiger partial charge >= 0.3 is 12.1 Å². The van der Waals surface area contributed by atoms with Crippen LogP contribution in [0.25, 0.3) is 28.4 Å². The van der Waals surface area contributed by atoms with Crippen LogP contribution in [0.2, 0.25) is 0 Å². The number of ether oxygens (including phenoxy) is 5. The molecule has 2 aliphatic heterocycles. The fraction of sp³-hybridized carbons (Fsp3) is 0.444. The molecule has 490 valence electrons. The van der Waals surface area contributed by atoms with Crippen LogP contribution in [0.3, 0.4) is 0 Å². The SMILES string of the molecule is CC[C@@]1(OC(=O)OCc2ccc(NC(=O)[C@H](CCCCN)NC(=O)COCC(=O)NCCOCCn3cc(CNC(=O)CCC/C=C/c4cnc(S(C)(=O)=O)nc4)nn3)cc2)C(=O)OCc2c1cc1n(c2=O)Cc2c-1nc1ccccc1c2CCN(C(C)=O)C(C)C. The molecule has 28 nitrogen and oxygen atoms in total. The van der Waals surface area contributed by atoms with Crippen molar-refractivity contribution in [3.63, 3.8) is 0 Å². The number of nitrogens with one attached hydrogen (secondary N) is 4. The number of aromatic nitrogens is 7. The number of nitrogens with two attached hydrogens (primary N) is 1. The quantitative estimate of drug-likeness (QED) is 0.0221. The number of fused-ring (bicyclic) bond motifs is 5. The minimum Gasteiger partial charge on any atom is -0.457 e. The average Bonchev–Trinajstić information content (AvgIpc) is 1.43.